The topological polar surface area (TPSA) is 85.7 Å². The predicted molar refractivity (Wildman–Crippen MR) is 111 cm³/mol. The number of phenolic OH excluding ortho intramolecular Hbond substituents is 1. The zero-order chi connectivity index (χ0) is 19.1. The molecule has 7 nitrogen and oxygen atoms in total. The summed E-state index contributed by atoms with van der Waals surface area (Å²) in [5.41, 5.74) is 4.30. The molecule has 3 rings (SSSR count). The van der Waals surface area contributed by atoms with Gasteiger partial charge in [0.2, 0.25) is 5.95 Å². The van der Waals surface area contributed by atoms with Crippen molar-refractivity contribution >= 4 is 28.9 Å². The zero-order valence-corrected chi connectivity index (χ0v) is 15.6. The first-order chi connectivity index (χ1) is 13.1. The Morgan fingerprint density at radius 3 is 2.67 bits per heavy atom. The molecule has 0 fully saturated rings. The number of phenols is 1. The highest BCUT2D eigenvalue weighted by atomic mass is 16.3. The van der Waals surface area contributed by atoms with Gasteiger partial charge in [-0.15, -0.1) is 0 Å². The van der Waals surface area contributed by atoms with E-state index in [1.807, 2.05) is 30.3 Å². The van der Waals surface area contributed by atoms with Gasteiger partial charge in [0, 0.05) is 17.5 Å². The lowest BCUT2D eigenvalue weighted by Crippen LogP contribution is -2.17. The minimum absolute atomic E-state index is 0.172. The fourth-order valence-electron chi connectivity index (χ4n) is 2.62. The summed E-state index contributed by atoms with van der Waals surface area (Å²) in [7, 11) is 4.12. The molecular formula is C20H24N6O. The first-order valence-electron chi connectivity index (χ1n) is 8.86. The fraction of sp³-hybridized carbons (Fsp3) is 0.250. The summed E-state index contributed by atoms with van der Waals surface area (Å²) in [6, 6.07) is 14.9. The third-order valence-electron chi connectivity index (χ3n) is 3.98. The molecule has 0 aliphatic heterocycles. The van der Waals surface area contributed by atoms with Crippen LogP contribution in [0.25, 0.3) is 10.9 Å². The first-order valence-corrected chi connectivity index (χ1v) is 8.86. The van der Waals surface area contributed by atoms with Crippen molar-refractivity contribution in [3.8, 4) is 5.75 Å². The summed E-state index contributed by atoms with van der Waals surface area (Å²) in [6.07, 6.45) is 2.55. The highest BCUT2D eigenvalue weighted by Crippen LogP contribution is 2.22. The second kappa shape index (κ2) is 8.95. The van der Waals surface area contributed by atoms with Crippen LogP contribution in [0.4, 0.5) is 11.8 Å². The Bertz CT molecular complexity index is 925. The van der Waals surface area contributed by atoms with Crippen LogP contribution in [-0.4, -0.2) is 53.4 Å². The van der Waals surface area contributed by atoms with Gasteiger partial charge in [0.1, 0.15) is 11.6 Å². The van der Waals surface area contributed by atoms with Crippen LogP contribution in [-0.2, 0) is 0 Å². The van der Waals surface area contributed by atoms with E-state index >= 15 is 0 Å². The van der Waals surface area contributed by atoms with Gasteiger partial charge >= 0.3 is 0 Å². The molecule has 0 radical (unpaired) electrons. The van der Waals surface area contributed by atoms with E-state index < -0.39 is 0 Å². The molecule has 0 atom stereocenters. The smallest absolute Gasteiger partial charge is 0.246 e. The highest BCUT2D eigenvalue weighted by Gasteiger charge is 2.07. The van der Waals surface area contributed by atoms with Gasteiger partial charge in [-0.3, -0.25) is 0 Å². The number of aromatic nitrogens is 2. The number of rotatable bonds is 8. The quantitative estimate of drug-likeness (QED) is 0.323. The molecule has 0 spiro atoms. The number of benzene rings is 2. The second-order valence-electron chi connectivity index (χ2n) is 6.43. The van der Waals surface area contributed by atoms with Gasteiger partial charge < -0.3 is 15.3 Å². The van der Waals surface area contributed by atoms with Crippen LogP contribution in [0.2, 0.25) is 0 Å². The maximum atomic E-state index is 9.79. The summed E-state index contributed by atoms with van der Waals surface area (Å²) in [6.45, 7) is 1.83. The molecule has 0 aliphatic carbocycles. The normalized spacial score (nSPS) is 11.4. The minimum atomic E-state index is 0.172. The number of para-hydroxylation sites is 2. The van der Waals surface area contributed by atoms with Crippen LogP contribution in [0.1, 0.15) is 12.0 Å². The maximum Gasteiger partial charge on any atom is 0.246 e. The summed E-state index contributed by atoms with van der Waals surface area (Å²) < 4.78 is 0. The lowest BCUT2D eigenvalue weighted by atomic mass is 10.2. The van der Waals surface area contributed by atoms with Gasteiger partial charge in [0.15, 0.2) is 0 Å². The Labute approximate surface area is 158 Å². The van der Waals surface area contributed by atoms with E-state index in [2.05, 4.69) is 44.8 Å². The van der Waals surface area contributed by atoms with E-state index in [0.717, 1.165) is 36.2 Å². The summed E-state index contributed by atoms with van der Waals surface area (Å²) >= 11 is 0. The average molecular weight is 364 g/mol. The molecule has 0 aliphatic rings. The van der Waals surface area contributed by atoms with Crippen molar-refractivity contribution in [2.75, 3.05) is 37.9 Å². The Kier molecular flexibility index (Phi) is 6.17. The Hall–Kier alpha value is -3.19. The molecule has 0 saturated heterocycles. The number of fused-ring (bicyclic) bond motifs is 1. The minimum Gasteiger partial charge on any atom is -0.507 e. The van der Waals surface area contributed by atoms with E-state index in [1.54, 1.807) is 18.2 Å². The summed E-state index contributed by atoms with van der Waals surface area (Å²) in [5, 5.41) is 18.3. The van der Waals surface area contributed by atoms with Crippen LogP contribution in [0.5, 0.6) is 5.75 Å². The number of nitrogens with zero attached hydrogens (tertiary/aromatic N) is 4. The monoisotopic (exact) mass is 364 g/mol. The number of aromatic hydroxyl groups is 1. The van der Waals surface area contributed by atoms with Crippen LogP contribution in [0.15, 0.2) is 53.6 Å². The van der Waals surface area contributed by atoms with Crippen molar-refractivity contribution in [1.29, 1.82) is 0 Å². The molecule has 0 bridgehead atoms. The Morgan fingerprint density at radius 1 is 1.07 bits per heavy atom. The SMILES string of the molecule is CN(C)CCCNc1nc(N/N=C/c2ccccc2O)nc2ccccc12. The largest absolute Gasteiger partial charge is 0.507 e. The molecule has 140 valence electrons. The maximum absolute atomic E-state index is 9.79. The van der Waals surface area contributed by atoms with Crippen LogP contribution < -0.4 is 10.7 Å². The number of nitrogens with one attached hydrogen (secondary N) is 2. The van der Waals surface area contributed by atoms with Gasteiger partial charge in [0.25, 0.3) is 0 Å². The van der Waals surface area contributed by atoms with Crippen LogP contribution in [0.3, 0.4) is 0 Å². The molecule has 0 amide bonds. The van der Waals surface area contributed by atoms with E-state index in [4.69, 9.17) is 0 Å². The molecule has 0 unspecified atom stereocenters. The number of hydrazone groups is 1. The first kappa shape index (κ1) is 18.6. The van der Waals surface area contributed by atoms with Crippen molar-refractivity contribution < 1.29 is 5.11 Å². The fourth-order valence-corrected chi connectivity index (χ4v) is 2.62. The standard InChI is InChI=1S/C20H24N6O/c1-26(2)13-7-12-21-19-16-9-4-5-10-17(16)23-20(24-19)25-22-14-15-8-3-6-11-18(15)27/h3-6,8-11,14,27H,7,12-13H2,1-2H3,(H2,21,23,24,25)/b22-14+. The summed E-state index contributed by atoms with van der Waals surface area (Å²) in [5.74, 6) is 1.35. The number of anilines is 2. The van der Waals surface area contributed by atoms with E-state index in [-0.39, 0.29) is 5.75 Å². The van der Waals surface area contributed by atoms with Gasteiger partial charge in [-0.1, -0.05) is 24.3 Å². The zero-order valence-electron chi connectivity index (χ0n) is 15.6. The number of hydrogen-bond donors (Lipinski definition) is 3. The predicted octanol–water partition coefficient (Wildman–Crippen LogP) is 3.15. The molecular weight excluding hydrogens is 340 g/mol. The van der Waals surface area contributed by atoms with Crippen molar-refractivity contribution in [2.45, 2.75) is 6.42 Å². The van der Waals surface area contributed by atoms with E-state index in [9.17, 15) is 5.11 Å². The van der Waals surface area contributed by atoms with Gasteiger partial charge in [0.05, 0.1) is 11.7 Å². The van der Waals surface area contributed by atoms with Gasteiger partial charge in [-0.25, -0.2) is 10.4 Å². The van der Waals surface area contributed by atoms with Crippen molar-refractivity contribution in [3.05, 3.63) is 54.1 Å². The van der Waals surface area contributed by atoms with Crippen molar-refractivity contribution in [2.24, 2.45) is 5.10 Å². The molecule has 27 heavy (non-hydrogen) atoms. The molecule has 3 N–H and O–H groups in total. The lowest BCUT2D eigenvalue weighted by Gasteiger charge is -2.12. The van der Waals surface area contributed by atoms with Gasteiger partial charge in [-0.05, 0) is 51.3 Å². The molecule has 2 aromatic carbocycles. The molecule has 0 saturated carbocycles. The van der Waals surface area contributed by atoms with Crippen molar-refractivity contribution in [1.82, 2.24) is 14.9 Å². The Balaban J connectivity index is 1.76. The van der Waals surface area contributed by atoms with E-state index in [0.29, 0.717) is 11.5 Å². The highest BCUT2D eigenvalue weighted by molar-refractivity contribution is 5.90. The van der Waals surface area contributed by atoms with E-state index in [1.165, 1.54) is 6.21 Å². The molecule has 1 heterocycles. The van der Waals surface area contributed by atoms with Crippen molar-refractivity contribution in [3.63, 3.8) is 0 Å². The average Bonchev–Trinajstić information content (AvgIpc) is 2.66. The second-order valence-corrected chi connectivity index (χ2v) is 6.43. The third kappa shape index (κ3) is 5.15. The Morgan fingerprint density at radius 2 is 1.85 bits per heavy atom. The molecule has 3 aromatic rings. The third-order valence-corrected chi connectivity index (χ3v) is 3.98. The van der Waals surface area contributed by atoms with Gasteiger partial charge in [-0.2, -0.15) is 10.1 Å². The molecule has 7 heteroatoms. The molecule has 1 aromatic heterocycles. The van der Waals surface area contributed by atoms with Crippen LogP contribution >= 0.6 is 0 Å². The number of hydrogen-bond acceptors (Lipinski definition) is 7. The summed E-state index contributed by atoms with van der Waals surface area (Å²) in [4.78, 5) is 11.2. The van der Waals surface area contributed by atoms with Crippen LogP contribution in [0, 0.1) is 0 Å². The lowest BCUT2D eigenvalue weighted by molar-refractivity contribution is 0.405.